The van der Waals surface area contributed by atoms with E-state index >= 15 is 0 Å². The van der Waals surface area contributed by atoms with Crippen LogP contribution in [0.15, 0.2) is 46.0 Å². The fourth-order valence-electron chi connectivity index (χ4n) is 1.93. The molecule has 9 heteroatoms. The SMILES string of the molecule is Cl.NC(N)=N/N=C/c1c(-c2ccc(N)cc2)nc2sccn12. The summed E-state index contributed by atoms with van der Waals surface area (Å²) in [6.45, 7) is 0. The number of benzene rings is 1. The van der Waals surface area contributed by atoms with E-state index in [9.17, 15) is 0 Å². The van der Waals surface area contributed by atoms with Gasteiger partial charge in [0.05, 0.1) is 17.6 Å². The molecule has 0 atom stereocenters. The highest BCUT2D eigenvalue weighted by Crippen LogP contribution is 2.26. The summed E-state index contributed by atoms with van der Waals surface area (Å²) in [4.78, 5) is 5.48. The highest BCUT2D eigenvalue weighted by Gasteiger charge is 2.13. The maximum atomic E-state index is 5.72. The number of thiazole rings is 1. The Morgan fingerprint density at radius 1 is 1.23 bits per heavy atom. The maximum Gasteiger partial charge on any atom is 0.211 e. The van der Waals surface area contributed by atoms with Crippen molar-refractivity contribution in [2.45, 2.75) is 0 Å². The molecule has 0 aliphatic heterocycles. The third-order valence-corrected chi connectivity index (χ3v) is 3.59. The zero-order valence-electron chi connectivity index (χ0n) is 11.4. The Labute approximate surface area is 136 Å². The Kier molecular flexibility index (Phi) is 4.64. The normalized spacial score (nSPS) is 10.7. The molecule has 0 bridgehead atoms. The van der Waals surface area contributed by atoms with Crippen molar-refractivity contribution in [3.8, 4) is 11.3 Å². The Bertz CT molecular complexity index is 828. The van der Waals surface area contributed by atoms with Crippen LogP contribution >= 0.6 is 23.7 Å². The smallest absolute Gasteiger partial charge is 0.211 e. The molecule has 0 aliphatic carbocycles. The van der Waals surface area contributed by atoms with Crippen molar-refractivity contribution >= 4 is 46.6 Å². The third-order valence-electron chi connectivity index (χ3n) is 2.84. The summed E-state index contributed by atoms with van der Waals surface area (Å²) in [5.41, 5.74) is 19.5. The Balaban J connectivity index is 0.00000176. The van der Waals surface area contributed by atoms with Crippen LogP contribution in [0.3, 0.4) is 0 Å². The van der Waals surface area contributed by atoms with E-state index in [1.165, 1.54) is 0 Å². The summed E-state index contributed by atoms with van der Waals surface area (Å²) in [6, 6.07) is 7.50. The molecule has 3 rings (SSSR count). The van der Waals surface area contributed by atoms with Crippen LogP contribution < -0.4 is 17.2 Å². The van der Waals surface area contributed by atoms with Crippen molar-refractivity contribution in [3.05, 3.63) is 41.5 Å². The number of guanidine groups is 1. The molecule has 0 radical (unpaired) electrons. The minimum atomic E-state index is -0.0913. The first-order chi connectivity index (χ1) is 10.1. The molecule has 0 fully saturated rings. The fourth-order valence-corrected chi connectivity index (χ4v) is 2.65. The van der Waals surface area contributed by atoms with Crippen LogP contribution in [0.25, 0.3) is 16.2 Å². The van der Waals surface area contributed by atoms with Crippen molar-refractivity contribution in [1.29, 1.82) is 0 Å². The van der Waals surface area contributed by atoms with Gasteiger partial charge in [0.15, 0.2) is 4.96 Å². The average molecular weight is 336 g/mol. The number of halogens is 1. The number of fused-ring (bicyclic) bond motifs is 1. The van der Waals surface area contributed by atoms with Gasteiger partial charge in [-0.2, -0.15) is 5.10 Å². The van der Waals surface area contributed by atoms with Gasteiger partial charge in [-0.1, -0.05) is 12.1 Å². The molecule has 0 unspecified atom stereocenters. The molecule has 2 heterocycles. The van der Waals surface area contributed by atoms with Crippen LogP contribution in [0.1, 0.15) is 5.69 Å². The van der Waals surface area contributed by atoms with E-state index in [-0.39, 0.29) is 18.4 Å². The molecule has 22 heavy (non-hydrogen) atoms. The summed E-state index contributed by atoms with van der Waals surface area (Å²) in [5.74, 6) is -0.0913. The van der Waals surface area contributed by atoms with Gasteiger partial charge in [-0.15, -0.1) is 28.8 Å². The number of hydrogen-bond donors (Lipinski definition) is 3. The van der Waals surface area contributed by atoms with Gasteiger partial charge in [-0.05, 0) is 12.1 Å². The summed E-state index contributed by atoms with van der Waals surface area (Å²) in [5, 5.41) is 9.45. The van der Waals surface area contributed by atoms with Gasteiger partial charge >= 0.3 is 0 Å². The van der Waals surface area contributed by atoms with Crippen LogP contribution in [0.5, 0.6) is 0 Å². The largest absolute Gasteiger partial charge is 0.399 e. The van der Waals surface area contributed by atoms with Crippen molar-refractivity contribution in [2.24, 2.45) is 21.7 Å². The summed E-state index contributed by atoms with van der Waals surface area (Å²) in [7, 11) is 0. The lowest BCUT2D eigenvalue weighted by Gasteiger charge is -2.00. The molecule has 0 amide bonds. The van der Waals surface area contributed by atoms with E-state index in [2.05, 4.69) is 15.2 Å². The van der Waals surface area contributed by atoms with Gasteiger partial charge in [0.1, 0.15) is 0 Å². The second-order valence-electron chi connectivity index (χ2n) is 4.29. The monoisotopic (exact) mass is 335 g/mol. The Morgan fingerprint density at radius 3 is 2.64 bits per heavy atom. The predicted molar refractivity (Wildman–Crippen MR) is 93.6 cm³/mol. The zero-order chi connectivity index (χ0) is 14.8. The molecule has 0 saturated heterocycles. The number of hydrogen-bond acceptors (Lipinski definition) is 5. The van der Waals surface area contributed by atoms with Crippen LogP contribution in [0.2, 0.25) is 0 Å². The predicted octanol–water partition coefficient (Wildman–Crippen LogP) is 1.67. The summed E-state index contributed by atoms with van der Waals surface area (Å²) >= 11 is 1.54. The number of nitrogen functional groups attached to an aromatic ring is 1. The van der Waals surface area contributed by atoms with Crippen LogP contribution in [-0.2, 0) is 0 Å². The van der Waals surface area contributed by atoms with Gasteiger partial charge in [0.25, 0.3) is 0 Å². The van der Waals surface area contributed by atoms with E-state index in [0.29, 0.717) is 5.69 Å². The first kappa shape index (κ1) is 15.8. The van der Waals surface area contributed by atoms with E-state index < -0.39 is 0 Å². The molecule has 0 aliphatic rings. The molecule has 114 valence electrons. The van der Waals surface area contributed by atoms with E-state index in [1.807, 2.05) is 40.2 Å². The first-order valence-corrected chi connectivity index (χ1v) is 6.96. The van der Waals surface area contributed by atoms with Gasteiger partial charge in [0.2, 0.25) is 5.96 Å². The number of aromatic nitrogens is 2. The highest BCUT2D eigenvalue weighted by molar-refractivity contribution is 7.15. The Hall–Kier alpha value is -2.58. The van der Waals surface area contributed by atoms with Crippen LogP contribution in [0, 0.1) is 0 Å². The zero-order valence-corrected chi connectivity index (χ0v) is 13.0. The minimum Gasteiger partial charge on any atom is -0.399 e. The molecule has 3 aromatic rings. The van der Waals surface area contributed by atoms with E-state index in [1.54, 1.807) is 17.6 Å². The number of imidazole rings is 1. The number of nitrogens with zero attached hydrogens (tertiary/aromatic N) is 4. The lowest BCUT2D eigenvalue weighted by molar-refractivity contribution is 1.18. The quantitative estimate of drug-likeness (QED) is 0.292. The van der Waals surface area contributed by atoms with E-state index in [4.69, 9.17) is 17.2 Å². The molecular formula is C13H14ClN7S. The molecule has 7 nitrogen and oxygen atoms in total. The number of nitrogens with two attached hydrogens (primary N) is 3. The minimum absolute atomic E-state index is 0. The molecular weight excluding hydrogens is 322 g/mol. The molecule has 2 aromatic heterocycles. The van der Waals surface area contributed by atoms with Gasteiger partial charge in [0, 0.05) is 22.8 Å². The van der Waals surface area contributed by atoms with Crippen LogP contribution in [-0.4, -0.2) is 21.6 Å². The maximum absolute atomic E-state index is 5.72. The average Bonchev–Trinajstić information content (AvgIpc) is 3.01. The van der Waals surface area contributed by atoms with Crippen LogP contribution in [0.4, 0.5) is 5.69 Å². The Morgan fingerprint density at radius 2 is 1.95 bits per heavy atom. The van der Waals surface area contributed by atoms with E-state index in [0.717, 1.165) is 21.9 Å². The molecule has 6 N–H and O–H groups in total. The number of anilines is 1. The summed E-state index contributed by atoms with van der Waals surface area (Å²) < 4.78 is 1.93. The molecule has 1 aromatic carbocycles. The standard InChI is InChI=1S/C13H13N7S.ClH/c14-9-3-1-8(2-4-9)11-10(7-17-19-12(15)16)20-5-6-21-13(20)18-11;/h1-7H,14H2,(H4,15,16,19);1H/b17-7+;. The number of rotatable bonds is 3. The highest BCUT2D eigenvalue weighted by atomic mass is 35.5. The molecule has 0 saturated carbocycles. The van der Waals surface area contributed by atoms with Gasteiger partial charge in [-0.3, -0.25) is 4.40 Å². The third kappa shape index (κ3) is 3.02. The second-order valence-corrected chi connectivity index (χ2v) is 5.17. The van der Waals surface area contributed by atoms with Crippen molar-refractivity contribution in [3.63, 3.8) is 0 Å². The molecule has 0 spiro atoms. The van der Waals surface area contributed by atoms with Gasteiger partial charge in [-0.25, -0.2) is 4.98 Å². The second kappa shape index (κ2) is 6.46. The lowest BCUT2D eigenvalue weighted by Crippen LogP contribution is -2.21. The summed E-state index contributed by atoms with van der Waals surface area (Å²) in [6.07, 6.45) is 3.50. The van der Waals surface area contributed by atoms with Crippen molar-refractivity contribution in [1.82, 2.24) is 9.38 Å². The fraction of sp³-hybridized carbons (Fsp3) is 0. The first-order valence-electron chi connectivity index (χ1n) is 6.08. The van der Waals surface area contributed by atoms with Crippen molar-refractivity contribution in [2.75, 3.05) is 5.73 Å². The van der Waals surface area contributed by atoms with Gasteiger partial charge < -0.3 is 17.2 Å². The lowest BCUT2D eigenvalue weighted by atomic mass is 10.1. The topological polar surface area (TPSA) is 120 Å². The van der Waals surface area contributed by atoms with Crippen molar-refractivity contribution < 1.29 is 0 Å².